The molecule has 1 aliphatic rings. The lowest BCUT2D eigenvalue weighted by atomic mass is 10.1. The monoisotopic (exact) mass is 229 g/mol. The molecule has 1 rings (SSSR count). The van der Waals surface area contributed by atoms with Gasteiger partial charge in [-0.15, -0.1) is 0 Å². The lowest BCUT2D eigenvalue weighted by Gasteiger charge is -2.14. The van der Waals surface area contributed by atoms with Gasteiger partial charge in [-0.2, -0.15) is 0 Å². The third kappa shape index (κ3) is 6.46. The van der Waals surface area contributed by atoms with Gasteiger partial charge in [0.25, 0.3) is 0 Å². The van der Waals surface area contributed by atoms with Crippen molar-refractivity contribution >= 4 is 0 Å². The standard InChI is InChI=1S/C13H27NO2/c1-2-3-8-16-11-13(15)10-14-9-12-6-4-5-7-12/h12-15H,2-11H2,1H3. The molecule has 0 amide bonds. The fourth-order valence-corrected chi connectivity index (χ4v) is 2.19. The van der Waals surface area contributed by atoms with E-state index < -0.39 is 0 Å². The molecule has 0 aromatic rings. The molecule has 3 nitrogen and oxygen atoms in total. The minimum absolute atomic E-state index is 0.349. The van der Waals surface area contributed by atoms with E-state index in [1.807, 2.05) is 0 Å². The second kappa shape index (κ2) is 8.97. The maximum absolute atomic E-state index is 9.63. The number of rotatable bonds is 9. The molecule has 0 saturated heterocycles. The molecule has 0 spiro atoms. The Morgan fingerprint density at radius 3 is 2.81 bits per heavy atom. The van der Waals surface area contributed by atoms with E-state index in [-0.39, 0.29) is 6.10 Å². The summed E-state index contributed by atoms with van der Waals surface area (Å²) in [6, 6.07) is 0. The van der Waals surface area contributed by atoms with Crippen LogP contribution in [0.2, 0.25) is 0 Å². The smallest absolute Gasteiger partial charge is 0.0897 e. The van der Waals surface area contributed by atoms with Crippen LogP contribution in [0.1, 0.15) is 45.4 Å². The molecule has 0 aromatic heterocycles. The summed E-state index contributed by atoms with van der Waals surface area (Å²) in [5.74, 6) is 0.841. The minimum atomic E-state index is -0.349. The van der Waals surface area contributed by atoms with E-state index in [2.05, 4.69) is 12.2 Å². The van der Waals surface area contributed by atoms with Crippen molar-refractivity contribution < 1.29 is 9.84 Å². The first-order valence-electron chi connectivity index (χ1n) is 6.79. The summed E-state index contributed by atoms with van der Waals surface area (Å²) in [4.78, 5) is 0. The van der Waals surface area contributed by atoms with Crippen LogP contribution in [-0.2, 0) is 4.74 Å². The van der Waals surface area contributed by atoms with Crippen molar-refractivity contribution in [3.8, 4) is 0 Å². The van der Waals surface area contributed by atoms with E-state index in [4.69, 9.17) is 4.74 Å². The Hall–Kier alpha value is -0.120. The van der Waals surface area contributed by atoms with Crippen LogP contribution in [0.15, 0.2) is 0 Å². The van der Waals surface area contributed by atoms with Crippen LogP contribution in [0, 0.1) is 5.92 Å². The molecule has 3 heteroatoms. The number of aliphatic hydroxyl groups excluding tert-OH is 1. The summed E-state index contributed by atoms with van der Waals surface area (Å²) < 4.78 is 5.37. The van der Waals surface area contributed by atoms with E-state index in [0.717, 1.165) is 31.9 Å². The third-order valence-electron chi connectivity index (χ3n) is 3.24. The minimum Gasteiger partial charge on any atom is -0.389 e. The molecule has 1 fully saturated rings. The zero-order valence-corrected chi connectivity index (χ0v) is 10.6. The Morgan fingerprint density at radius 2 is 2.12 bits per heavy atom. The summed E-state index contributed by atoms with van der Waals surface area (Å²) in [5, 5.41) is 13.0. The van der Waals surface area contributed by atoms with Crippen molar-refractivity contribution in [3.63, 3.8) is 0 Å². The third-order valence-corrected chi connectivity index (χ3v) is 3.24. The zero-order valence-electron chi connectivity index (χ0n) is 10.6. The van der Waals surface area contributed by atoms with E-state index in [1.54, 1.807) is 0 Å². The highest BCUT2D eigenvalue weighted by Crippen LogP contribution is 2.23. The van der Waals surface area contributed by atoms with Crippen LogP contribution < -0.4 is 5.32 Å². The summed E-state index contributed by atoms with van der Waals surface area (Å²) in [7, 11) is 0. The van der Waals surface area contributed by atoms with E-state index in [9.17, 15) is 5.11 Å². The maximum Gasteiger partial charge on any atom is 0.0897 e. The molecule has 1 unspecified atom stereocenters. The van der Waals surface area contributed by atoms with Gasteiger partial charge in [0.15, 0.2) is 0 Å². The molecule has 1 aliphatic carbocycles. The highest BCUT2D eigenvalue weighted by Gasteiger charge is 2.14. The Labute approximate surface area is 99.6 Å². The molecule has 1 atom stereocenters. The van der Waals surface area contributed by atoms with Gasteiger partial charge in [-0.3, -0.25) is 0 Å². The van der Waals surface area contributed by atoms with Crippen molar-refractivity contribution in [2.24, 2.45) is 5.92 Å². The van der Waals surface area contributed by atoms with Crippen molar-refractivity contribution in [2.45, 2.75) is 51.6 Å². The average Bonchev–Trinajstić information content (AvgIpc) is 2.77. The molecule has 0 aromatic carbocycles. The Bertz CT molecular complexity index is 158. The zero-order chi connectivity index (χ0) is 11.6. The summed E-state index contributed by atoms with van der Waals surface area (Å²) in [6.07, 6.45) is 7.37. The second-order valence-electron chi connectivity index (χ2n) is 4.89. The van der Waals surface area contributed by atoms with Gasteiger partial charge in [0.05, 0.1) is 12.7 Å². The van der Waals surface area contributed by atoms with Crippen LogP contribution in [0.25, 0.3) is 0 Å². The Kier molecular flexibility index (Phi) is 7.81. The highest BCUT2D eigenvalue weighted by molar-refractivity contribution is 4.70. The van der Waals surface area contributed by atoms with E-state index in [0.29, 0.717) is 13.2 Å². The molecule has 0 heterocycles. The first-order chi connectivity index (χ1) is 7.83. The number of aliphatic hydroxyl groups is 1. The van der Waals surface area contributed by atoms with Gasteiger partial charge in [-0.05, 0) is 31.7 Å². The predicted molar refractivity (Wildman–Crippen MR) is 66.6 cm³/mol. The van der Waals surface area contributed by atoms with Crippen LogP contribution >= 0.6 is 0 Å². The van der Waals surface area contributed by atoms with E-state index in [1.165, 1.54) is 25.7 Å². The van der Waals surface area contributed by atoms with Gasteiger partial charge >= 0.3 is 0 Å². The number of ether oxygens (including phenoxy) is 1. The summed E-state index contributed by atoms with van der Waals surface area (Å²) in [6.45, 7) is 5.12. The molecule has 0 bridgehead atoms. The molecule has 2 N–H and O–H groups in total. The normalized spacial score (nSPS) is 19.1. The van der Waals surface area contributed by atoms with Crippen LogP contribution in [0.4, 0.5) is 0 Å². The van der Waals surface area contributed by atoms with Crippen molar-refractivity contribution in [1.29, 1.82) is 0 Å². The molecule has 1 saturated carbocycles. The first-order valence-corrected chi connectivity index (χ1v) is 6.79. The number of nitrogens with one attached hydrogen (secondary N) is 1. The van der Waals surface area contributed by atoms with Gasteiger partial charge in [0.2, 0.25) is 0 Å². The lowest BCUT2D eigenvalue weighted by molar-refractivity contribution is 0.0356. The quantitative estimate of drug-likeness (QED) is 0.594. The SMILES string of the molecule is CCCCOCC(O)CNCC1CCCC1. The van der Waals surface area contributed by atoms with Gasteiger partial charge in [0.1, 0.15) is 0 Å². The average molecular weight is 229 g/mol. The predicted octanol–water partition coefficient (Wildman–Crippen LogP) is 1.94. The van der Waals surface area contributed by atoms with Crippen LogP contribution in [0.5, 0.6) is 0 Å². The Balaban J connectivity index is 1.87. The fraction of sp³-hybridized carbons (Fsp3) is 1.00. The lowest BCUT2D eigenvalue weighted by Crippen LogP contribution is -2.33. The van der Waals surface area contributed by atoms with Crippen molar-refractivity contribution in [1.82, 2.24) is 5.32 Å². The maximum atomic E-state index is 9.63. The number of hydrogen-bond acceptors (Lipinski definition) is 3. The first kappa shape index (κ1) is 13.9. The van der Waals surface area contributed by atoms with E-state index >= 15 is 0 Å². The van der Waals surface area contributed by atoms with Gasteiger partial charge in [-0.1, -0.05) is 26.2 Å². The fourth-order valence-electron chi connectivity index (χ4n) is 2.19. The number of unbranched alkanes of at least 4 members (excludes halogenated alkanes) is 1. The summed E-state index contributed by atoms with van der Waals surface area (Å²) in [5.41, 5.74) is 0. The molecular weight excluding hydrogens is 202 g/mol. The molecular formula is C13H27NO2. The molecule has 96 valence electrons. The molecule has 16 heavy (non-hydrogen) atoms. The Morgan fingerprint density at radius 1 is 1.38 bits per heavy atom. The number of hydrogen-bond donors (Lipinski definition) is 2. The second-order valence-corrected chi connectivity index (χ2v) is 4.89. The largest absolute Gasteiger partial charge is 0.389 e. The van der Waals surface area contributed by atoms with Crippen molar-refractivity contribution in [2.75, 3.05) is 26.3 Å². The topological polar surface area (TPSA) is 41.5 Å². The molecule has 0 radical (unpaired) electrons. The van der Waals surface area contributed by atoms with Gasteiger partial charge in [-0.25, -0.2) is 0 Å². The summed E-state index contributed by atoms with van der Waals surface area (Å²) >= 11 is 0. The van der Waals surface area contributed by atoms with Crippen LogP contribution in [-0.4, -0.2) is 37.5 Å². The van der Waals surface area contributed by atoms with Gasteiger partial charge < -0.3 is 15.2 Å². The van der Waals surface area contributed by atoms with Crippen LogP contribution in [0.3, 0.4) is 0 Å². The molecule has 0 aliphatic heterocycles. The highest BCUT2D eigenvalue weighted by atomic mass is 16.5. The van der Waals surface area contributed by atoms with Crippen molar-refractivity contribution in [3.05, 3.63) is 0 Å². The van der Waals surface area contributed by atoms with Gasteiger partial charge in [0, 0.05) is 13.2 Å².